The molecule has 0 saturated carbocycles. The first kappa shape index (κ1) is 20.4. The van der Waals surface area contributed by atoms with Gasteiger partial charge in [0.1, 0.15) is 5.60 Å². The van der Waals surface area contributed by atoms with Crippen molar-refractivity contribution in [1.29, 1.82) is 0 Å². The maximum absolute atomic E-state index is 12.2. The maximum Gasteiger partial charge on any atom is 0.338 e. The normalized spacial score (nSPS) is 16.4. The van der Waals surface area contributed by atoms with Crippen molar-refractivity contribution < 1.29 is 24.2 Å². The van der Waals surface area contributed by atoms with Gasteiger partial charge in [-0.1, -0.05) is 12.1 Å². The molecule has 1 aliphatic heterocycles. The number of hydrogen-bond acceptors (Lipinski definition) is 6. The number of carbonyl (C=O) groups excluding carboxylic acids is 2. The Morgan fingerprint density at radius 3 is 2.69 bits per heavy atom. The summed E-state index contributed by atoms with van der Waals surface area (Å²) in [5.74, 6) is -0.773. The second kappa shape index (κ2) is 8.16. The van der Waals surface area contributed by atoms with Gasteiger partial charge in [-0.3, -0.25) is 4.79 Å². The van der Waals surface area contributed by atoms with E-state index in [2.05, 4.69) is 0 Å². The highest BCUT2D eigenvalue weighted by Gasteiger charge is 2.32. The number of esters is 1. The minimum atomic E-state index is -1.44. The van der Waals surface area contributed by atoms with Crippen molar-refractivity contribution in [2.24, 2.45) is 5.73 Å². The molecule has 0 saturated heterocycles. The third-order valence-corrected chi connectivity index (χ3v) is 4.05. The van der Waals surface area contributed by atoms with Crippen LogP contribution >= 0.6 is 0 Å². The van der Waals surface area contributed by atoms with Gasteiger partial charge >= 0.3 is 5.97 Å². The van der Waals surface area contributed by atoms with Gasteiger partial charge in [0.25, 0.3) is 5.91 Å². The summed E-state index contributed by atoms with van der Waals surface area (Å²) in [5.41, 5.74) is 7.19. The van der Waals surface area contributed by atoms with Crippen molar-refractivity contribution in [3.05, 3.63) is 34.9 Å². The van der Waals surface area contributed by atoms with Crippen molar-refractivity contribution in [2.45, 2.75) is 51.5 Å². The highest BCUT2D eigenvalue weighted by molar-refractivity contribution is 5.98. The van der Waals surface area contributed by atoms with Crippen LogP contribution in [0.3, 0.4) is 0 Å². The Kier molecular flexibility index (Phi) is 6.39. The molecule has 1 aromatic carbocycles. The molecule has 7 nitrogen and oxygen atoms in total. The van der Waals surface area contributed by atoms with E-state index in [1.54, 1.807) is 38.8 Å². The van der Waals surface area contributed by atoms with Crippen LogP contribution in [0.5, 0.6) is 0 Å². The third kappa shape index (κ3) is 5.03. The molecule has 0 spiro atoms. The Bertz CT molecular complexity index is 668. The van der Waals surface area contributed by atoms with E-state index >= 15 is 0 Å². The predicted molar refractivity (Wildman–Crippen MR) is 96.6 cm³/mol. The molecule has 1 amide bonds. The summed E-state index contributed by atoms with van der Waals surface area (Å²) in [6.07, 6.45) is -1.97. The number of hydrogen-bond donors (Lipinski definition) is 2. The molecule has 2 atom stereocenters. The van der Waals surface area contributed by atoms with Crippen molar-refractivity contribution in [2.75, 3.05) is 20.2 Å². The molecule has 2 rings (SSSR count). The maximum atomic E-state index is 12.2. The van der Waals surface area contributed by atoms with E-state index in [1.165, 1.54) is 0 Å². The van der Waals surface area contributed by atoms with Crippen LogP contribution in [0, 0.1) is 0 Å². The summed E-state index contributed by atoms with van der Waals surface area (Å²) in [5, 5.41) is 10.4. The highest BCUT2D eigenvalue weighted by Crippen LogP contribution is 2.24. The summed E-state index contributed by atoms with van der Waals surface area (Å²) in [7, 11) is 1.75. The number of nitrogens with zero attached hydrogens (tertiary/aromatic N) is 1. The summed E-state index contributed by atoms with van der Waals surface area (Å²) in [6, 6.07) is 5.57. The quantitative estimate of drug-likeness (QED) is 0.696. The smallest absolute Gasteiger partial charge is 0.338 e. The summed E-state index contributed by atoms with van der Waals surface area (Å²) < 4.78 is 10.8. The first-order chi connectivity index (χ1) is 12.1. The molecule has 26 heavy (non-hydrogen) atoms. The molecule has 1 aromatic rings. The molecule has 7 heteroatoms. The minimum absolute atomic E-state index is 0.0334. The SMILES string of the molecule is CN1Cc2ccc(C[C@H](OCCN)[C@@H](O)C(=O)OC(C)(C)C)cc2C1=O. The van der Waals surface area contributed by atoms with Crippen LogP contribution < -0.4 is 5.73 Å². The van der Waals surface area contributed by atoms with E-state index in [0.717, 1.165) is 11.1 Å². The Morgan fingerprint density at radius 2 is 2.08 bits per heavy atom. The zero-order valence-corrected chi connectivity index (χ0v) is 15.8. The second-order valence-electron chi connectivity index (χ2n) is 7.53. The van der Waals surface area contributed by atoms with Gasteiger partial charge in [-0.15, -0.1) is 0 Å². The number of ether oxygens (including phenoxy) is 2. The molecule has 0 radical (unpaired) electrons. The van der Waals surface area contributed by atoms with Gasteiger partial charge < -0.3 is 25.2 Å². The highest BCUT2D eigenvalue weighted by atomic mass is 16.6. The van der Waals surface area contributed by atoms with Crippen molar-refractivity contribution in [3.8, 4) is 0 Å². The number of benzene rings is 1. The van der Waals surface area contributed by atoms with Crippen molar-refractivity contribution >= 4 is 11.9 Å². The van der Waals surface area contributed by atoms with Gasteiger partial charge in [0.2, 0.25) is 0 Å². The standard InChI is InChI=1S/C19H28N2O5/c1-19(2,3)26-18(24)16(22)15(25-8-7-20)10-12-5-6-13-11-21(4)17(23)14(13)9-12/h5-6,9,15-16,22H,7-8,10-11,20H2,1-4H3/t15-,16+/m0/s1. The molecule has 1 heterocycles. The number of rotatable bonds is 7. The fourth-order valence-electron chi connectivity index (χ4n) is 2.85. The van der Waals surface area contributed by atoms with E-state index in [0.29, 0.717) is 12.1 Å². The second-order valence-corrected chi connectivity index (χ2v) is 7.53. The lowest BCUT2D eigenvalue weighted by atomic mass is 9.99. The Labute approximate surface area is 154 Å². The summed E-state index contributed by atoms with van der Waals surface area (Å²) >= 11 is 0. The zero-order chi connectivity index (χ0) is 19.5. The van der Waals surface area contributed by atoms with Crippen LogP contribution in [0.4, 0.5) is 0 Å². The predicted octanol–water partition coefficient (Wildman–Crippen LogP) is 0.861. The lowest BCUT2D eigenvalue weighted by Crippen LogP contribution is -2.42. The number of amides is 1. The monoisotopic (exact) mass is 364 g/mol. The van der Waals surface area contributed by atoms with E-state index < -0.39 is 23.8 Å². The summed E-state index contributed by atoms with van der Waals surface area (Å²) in [6.45, 7) is 6.26. The van der Waals surface area contributed by atoms with Crippen molar-refractivity contribution in [1.82, 2.24) is 4.90 Å². The lowest BCUT2D eigenvalue weighted by Gasteiger charge is -2.26. The van der Waals surface area contributed by atoms with Crippen LogP contribution in [0.2, 0.25) is 0 Å². The Hall–Kier alpha value is -1.96. The van der Waals surface area contributed by atoms with Gasteiger partial charge in [-0.2, -0.15) is 0 Å². The van der Waals surface area contributed by atoms with Gasteiger partial charge in [-0.05, 0) is 38.0 Å². The number of aliphatic hydroxyl groups is 1. The largest absolute Gasteiger partial charge is 0.458 e. The average Bonchev–Trinajstić information content (AvgIpc) is 2.83. The van der Waals surface area contributed by atoms with E-state index in [-0.39, 0.29) is 25.5 Å². The molecule has 1 aliphatic rings. The van der Waals surface area contributed by atoms with Gasteiger partial charge in [-0.25, -0.2) is 4.79 Å². The molecule has 3 N–H and O–H groups in total. The van der Waals surface area contributed by atoms with E-state index in [9.17, 15) is 14.7 Å². The average molecular weight is 364 g/mol. The first-order valence-electron chi connectivity index (χ1n) is 8.72. The number of carbonyl (C=O) groups is 2. The molecule has 0 bridgehead atoms. The van der Waals surface area contributed by atoms with Crippen LogP contribution in [0.15, 0.2) is 18.2 Å². The Morgan fingerprint density at radius 1 is 1.38 bits per heavy atom. The van der Waals surface area contributed by atoms with E-state index in [4.69, 9.17) is 15.2 Å². The molecular formula is C19H28N2O5. The summed E-state index contributed by atoms with van der Waals surface area (Å²) in [4.78, 5) is 26.0. The Balaban J connectivity index is 2.15. The van der Waals surface area contributed by atoms with Gasteiger partial charge in [0.15, 0.2) is 6.10 Å². The van der Waals surface area contributed by atoms with E-state index in [1.807, 2.05) is 12.1 Å². The molecule has 0 unspecified atom stereocenters. The first-order valence-corrected chi connectivity index (χ1v) is 8.72. The number of fused-ring (bicyclic) bond motifs is 1. The van der Waals surface area contributed by atoms with Crippen molar-refractivity contribution in [3.63, 3.8) is 0 Å². The minimum Gasteiger partial charge on any atom is -0.458 e. The van der Waals surface area contributed by atoms with Crippen LogP contribution in [0.1, 0.15) is 42.3 Å². The van der Waals surface area contributed by atoms with Crippen LogP contribution in [-0.2, 0) is 27.2 Å². The fourth-order valence-corrected chi connectivity index (χ4v) is 2.85. The lowest BCUT2D eigenvalue weighted by molar-refractivity contribution is -0.173. The fraction of sp³-hybridized carbons (Fsp3) is 0.579. The molecule has 0 aromatic heterocycles. The number of nitrogens with two attached hydrogens (primary N) is 1. The third-order valence-electron chi connectivity index (χ3n) is 4.05. The molecule has 0 aliphatic carbocycles. The number of aliphatic hydroxyl groups excluding tert-OH is 1. The topological polar surface area (TPSA) is 102 Å². The van der Waals surface area contributed by atoms with Gasteiger partial charge in [0, 0.05) is 32.1 Å². The van der Waals surface area contributed by atoms with Gasteiger partial charge in [0.05, 0.1) is 12.7 Å². The van der Waals surface area contributed by atoms with Crippen LogP contribution in [-0.4, -0.2) is 59.9 Å². The zero-order valence-electron chi connectivity index (χ0n) is 15.8. The molecular weight excluding hydrogens is 336 g/mol. The molecule has 144 valence electrons. The molecule has 0 fully saturated rings. The van der Waals surface area contributed by atoms with Crippen LogP contribution in [0.25, 0.3) is 0 Å².